The summed E-state index contributed by atoms with van der Waals surface area (Å²) in [6.07, 6.45) is 3.77. The average Bonchev–Trinajstić information content (AvgIpc) is 3.51. The molecule has 0 radical (unpaired) electrons. The molecule has 4 rings (SSSR count). The number of hydrogen-bond acceptors (Lipinski definition) is 6. The van der Waals surface area contributed by atoms with Gasteiger partial charge in [-0.05, 0) is 50.8 Å². The molecule has 2 aromatic heterocycles. The van der Waals surface area contributed by atoms with E-state index in [9.17, 15) is 10.1 Å². The van der Waals surface area contributed by atoms with Crippen molar-refractivity contribution in [2.24, 2.45) is 0 Å². The summed E-state index contributed by atoms with van der Waals surface area (Å²) in [6, 6.07) is 10.2. The van der Waals surface area contributed by atoms with Crippen LogP contribution in [0.5, 0.6) is 0 Å². The summed E-state index contributed by atoms with van der Waals surface area (Å²) in [5, 5.41) is 21.5. The minimum atomic E-state index is -0.197. The van der Waals surface area contributed by atoms with E-state index >= 15 is 0 Å². The van der Waals surface area contributed by atoms with E-state index in [2.05, 4.69) is 21.6 Å². The topological polar surface area (TPSA) is 97.8 Å². The third-order valence-corrected chi connectivity index (χ3v) is 6.78. The van der Waals surface area contributed by atoms with Crippen molar-refractivity contribution < 1.29 is 9.53 Å². The number of thioether (sulfide) groups is 1. The van der Waals surface area contributed by atoms with Crippen LogP contribution in [0.4, 0.5) is 5.82 Å². The standard InChI is InChI=1S/C23H26N6O2S/c1-15-7-4-5-9-20(15)29-14-25-27-23(29)32-13-21(30)26-22-19(11-24)16(2)17(3)28(22)12-18-8-6-10-31-18/h4-5,7,9,14,18H,6,8,10,12-13H2,1-3H3,(H,26,30)/t18-/m0/s1. The zero-order valence-electron chi connectivity index (χ0n) is 18.5. The fraction of sp³-hybridized carbons (Fsp3) is 0.391. The van der Waals surface area contributed by atoms with Crippen LogP contribution < -0.4 is 5.32 Å². The molecule has 0 bridgehead atoms. The number of anilines is 1. The summed E-state index contributed by atoms with van der Waals surface area (Å²) in [7, 11) is 0. The van der Waals surface area contributed by atoms with Gasteiger partial charge in [-0.1, -0.05) is 30.0 Å². The maximum absolute atomic E-state index is 12.9. The lowest BCUT2D eigenvalue weighted by molar-refractivity contribution is -0.113. The summed E-state index contributed by atoms with van der Waals surface area (Å²) in [5.41, 5.74) is 4.42. The molecule has 1 aromatic carbocycles. The molecule has 0 unspecified atom stereocenters. The van der Waals surface area contributed by atoms with Gasteiger partial charge in [0.25, 0.3) is 0 Å². The maximum atomic E-state index is 12.9. The fourth-order valence-corrected chi connectivity index (χ4v) is 4.69. The first-order valence-corrected chi connectivity index (χ1v) is 11.6. The lowest BCUT2D eigenvalue weighted by Crippen LogP contribution is -2.22. The van der Waals surface area contributed by atoms with Crippen molar-refractivity contribution in [2.45, 2.75) is 51.4 Å². The average molecular weight is 451 g/mol. The molecule has 8 nitrogen and oxygen atoms in total. The van der Waals surface area contributed by atoms with Gasteiger partial charge in [0.2, 0.25) is 5.91 Å². The summed E-state index contributed by atoms with van der Waals surface area (Å²) in [5.74, 6) is 0.499. The molecule has 9 heteroatoms. The van der Waals surface area contributed by atoms with Gasteiger partial charge in [0, 0.05) is 12.3 Å². The second-order valence-corrected chi connectivity index (χ2v) is 8.84. The van der Waals surface area contributed by atoms with E-state index in [0.29, 0.717) is 23.1 Å². The summed E-state index contributed by atoms with van der Waals surface area (Å²) >= 11 is 1.31. The van der Waals surface area contributed by atoms with E-state index in [-0.39, 0.29) is 17.8 Å². The highest BCUT2D eigenvalue weighted by Crippen LogP contribution is 2.29. The van der Waals surface area contributed by atoms with E-state index in [1.165, 1.54) is 11.8 Å². The Hall–Kier alpha value is -3.09. The second-order valence-electron chi connectivity index (χ2n) is 7.90. The van der Waals surface area contributed by atoms with Gasteiger partial charge in [-0.25, -0.2) is 0 Å². The molecule has 1 amide bonds. The number of carbonyl (C=O) groups is 1. The minimum absolute atomic E-state index is 0.102. The normalized spacial score (nSPS) is 15.6. The molecule has 1 fully saturated rings. The number of ether oxygens (including phenoxy) is 1. The van der Waals surface area contributed by atoms with Crippen molar-refractivity contribution in [2.75, 3.05) is 17.7 Å². The van der Waals surface area contributed by atoms with Crippen molar-refractivity contribution in [1.82, 2.24) is 19.3 Å². The van der Waals surface area contributed by atoms with E-state index in [1.807, 2.05) is 54.2 Å². The lowest BCUT2D eigenvalue weighted by Gasteiger charge is -2.17. The van der Waals surface area contributed by atoms with Crippen LogP contribution in [0.2, 0.25) is 0 Å². The van der Waals surface area contributed by atoms with E-state index in [1.54, 1.807) is 6.33 Å². The molecule has 1 N–H and O–H groups in total. The Morgan fingerprint density at radius 2 is 2.16 bits per heavy atom. The predicted molar refractivity (Wildman–Crippen MR) is 123 cm³/mol. The minimum Gasteiger partial charge on any atom is -0.376 e. The van der Waals surface area contributed by atoms with E-state index in [0.717, 1.165) is 42.0 Å². The molecule has 1 aliphatic rings. The monoisotopic (exact) mass is 450 g/mol. The zero-order chi connectivity index (χ0) is 22.7. The van der Waals surface area contributed by atoms with Crippen LogP contribution >= 0.6 is 11.8 Å². The molecular weight excluding hydrogens is 424 g/mol. The van der Waals surface area contributed by atoms with Gasteiger partial charge in [0.05, 0.1) is 29.7 Å². The molecule has 1 saturated heterocycles. The number of aryl methyl sites for hydroxylation is 1. The number of rotatable bonds is 7. The highest BCUT2D eigenvalue weighted by molar-refractivity contribution is 7.99. The molecule has 0 saturated carbocycles. The van der Waals surface area contributed by atoms with Crippen LogP contribution in [0.1, 0.15) is 35.2 Å². The third-order valence-electron chi connectivity index (χ3n) is 5.83. The first-order chi connectivity index (χ1) is 15.5. The molecule has 3 aromatic rings. The quantitative estimate of drug-likeness (QED) is 0.550. The molecule has 0 spiro atoms. The van der Waals surface area contributed by atoms with Crippen LogP contribution in [0.15, 0.2) is 35.7 Å². The van der Waals surface area contributed by atoms with Crippen LogP contribution in [-0.4, -0.2) is 43.7 Å². The third kappa shape index (κ3) is 4.42. The molecular formula is C23H26N6O2S. The Morgan fingerprint density at radius 3 is 2.88 bits per heavy atom. The first-order valence-electron chi connectivity index (χ1n) is 10.6. The fourth-order valence-electron chi connectivity index (χ4n) is 3.97. The van der Waals surface area contributed by atoms with Gasteiger partial charge in [-0.15, -0.1) is 10.2 Å². The molecule has 166 valence electrons. The number of amides is 1. The molecule has 3 heterocycles. The van der Waals surface area contributed by atoms with Gasteiger partial charge in [-0.3, -0.25) is 9.36 Å². The van der Waals surface area contributed by atoms with Gasteiger partial charge in [-0.2, -0.15) is 5.26 Å². The second kappa shape index (κ2) is 9.59. The number of nitrogens with zero attached hydrogens (tertiary/aromatic N) is 5. The number of para-hydroxylation sites is 1. The molecule has 1 aliphatic heterocycles. The zero-order valence-corrected chi connectivity index (χ0v) is 19.3. The van der Waals surface area contributed by atoms with Crippen molar-refractivity contribution in [3.8, 4) is 11.8 Å². The van der Waals surface area contributed by atoms with Gasteiger partial charge in [0.15, 0.2) is 5.16 Å². The Kier molecular flexibility index (Phi) is 6.63. The van der Waals surface area contributed by atoms with Crippen LogP contribution in [0.3, 0.4) is 0 Å². The maximum Gasteiger partial charge on any atom is 0.235 e. The number of hydrogen-bond donors (Lipinski definition) is 1. The van der Waals surface area contributed by atoms with Crippen LogP contribution in [-0.2, 0) is 16.1 Å². The summed E-state index contributed by atoms with van der Waals surface area (Å²) < 4.78 is 9.66. The van der Waals surface area contributed by atoms with E-state index < -0.39 is 0 Å². The Bertz CT molecular complexity index is 1170. The number of nitriles is 1. The number of carbonyl (C=O) groups excluding carboxylic acids is 1. The highest BCUT2D eigenvalue weighted by atomic mass is 32.2. The van der Waals surface area contributed by atoms with Gasteiger partial charge < -0.3 is 14.6 Å². The van der Waals surface area contributed by atoms with Gasteiger partial charge in [0.1, 0.15) is 18.2 Å². The molecule has 32 heavy (non-hydrogen) atoms. The Morgan fingerprint density at radius 1 is 1.34 bits per heavy atom. The Balaban J connectivity index is 1.50. The number of nitrogens with one attached hydrogen (secondary N) is 1. The van der Waals surface area contributed by atoms with Crippen LogP contribution in [0.25, 0.3) is 5.69 Å². The number of aromatic nitrogens is 4. The lowest BCUT2D eigenvalue weighted by atomic mass is 10.2. The highest BCUT2D eigenvalue weighted by Gasteiger charge is 2.24. The van der Waals surface area contributed by atoms with Gasteiger partial charge >= 0.3 is 0 Å². The number of benzene rings is 1. The van der Waals surface area contributed by atoms with Crippen molar-refractivity contribution >= 4 is 23.5 Å². The summed E-state index contributed by atoms with van der Waals surface area (Å²) in [6.45, 7) is 7.29. The molecule has 0 aliphatic carbocycles. The largest absolute Gasteiger partial charge is 0.376 e. The Labute approximate surface area is 191 Å². The van der Waals surface area contributed by atoms with Crippen LogP contribution in [0, 0.1) is 32.1 Å². The first kappa shape index (κ1) is 22.1. The predicted octanol–water partition coefficient (Wildman–Crippen LogP) is 3.78. The molecule has 1 atom stereocenters. The van der Waals surface area contributed by atoms with Crippen molar-refractivity contribution in [1.29, 1.82) is 5.26 Å². The SMILES string of the molecule is Cc1ccccc1-n1cnnc1SCC(=O)Nc1c(C#N)c(C)c(C)n1C[C@@H]1CCCO1. The van der Waals surface area contributed by atoms with Crippen molar-refractivity contribution in [3.63, 3.8) is 0 Å². The van der Waals surface area contributed by atoms with Crippen molar-refractivity contribution in [3.05, 3.63) is 53.0 Å². The summed E-state index contributed by atoms with van der Waals surface area (Å²) in [4.78, 5) is 12.9. The van der Waals surface area contributed by atoms with E-state index in [4.69, 9.17) is 4.74 Å². The smallest absolute Gasteiger partial charge is 0.235 e.